The van der Waals surface area contributed by atoms with Gasteiger partial charge in [0, 0.05) is 61.8 Å². The molecule has 0 radical (unpaired) electrons. The van der Waals surface area contributed by atoms with Gasteiger partial charge in [0.25, 0.3) is 0 Å². The highest BCUT2D eigenvalue weighted by Crippen LogP contribution is 2.39. The summed E-state index contributed by atoms with van der Waals surface area (Å²) in [5, 5.41) is 2.86. The Labute approximate surface area is 270 Å². The number of halogens is 5. The molecule has 13 heteroatoms. The van der Waals surface area contributed by atoms with Crippen LogP contribution >= 0.6 is 0 Å². The first-order chi connectivity index (χ1) is 22.2. The van der Waals surface area contributed by atoms with Crippen LogP contribution < -0.4 is 10.2 Å². The third-order valence-corrected chi connectivity index (χ3v) is 9.13. The number of carbonyl (C=O) groups is 2. The van der Waals surface area contributed by atoms with Crippen molar-refractivity contribution in [3.05, 3.63) is 77.1 Å². The number of carbonyl (C=O) groups excluding carboxylic acids is 2. The van der Waals surface area contributed by atoms with E-state index in [0.29, 0.717) is 50.3 Å². The number of alkyl halides is 3. The molecule has 1 N–H and O–H groups in total. The van der Waals surface area contributed by atoms with E-state index in [1.807, 2.05) is 25.7 Å². The fourth-order valence-electron chi connectivity index (χ4n) is 6.47. The lowest BCUT2D eigenvalue weighted by Gasteiger charge is -2.34. The number of esters is 1. The largest absolute Gasteiger partial charge is 0.466 e. The molecule has 47 heavy (non-hydrogen) atoms. The predicted octanol–water partition coefficient (Wildman–Crippen LogP) is 6.46. The zero-order chi connectivity index (χ0) is 34.1. The number of benzene rings is 2. The molecule has 2 atom stereocenters. The Bertz CT molecular complexity index is 1590. The molecule has 2 fully saturated rings. The number of hydrogen-bond donors (Lipinski definition) is 1. The summed E-state index contributed by atoms with van der Waals surface area (Å²) in [6, 6.07) is 6.95. The molecule has 2 saturated heterocycles. The van der Waals surface area contributed by atoms with Crippen molar-refractivity contribution in [2.24, 2.45) is 11.8 Å². The maximum absolute atomic E-state index is 14.9. The molecule has 1 unspecified atom stereocenters. The zero-order valence-electron chi connectivity index (χ0n) is 26.9. The number of rotatable bonds is 8. The van der Waals surface area contributed by atoms with Gasteiger partial charge >= 0.3 is 12.1 Å². The summed E-state index contributed by atoms with van der Waals surface area (Å²) in [6.45, 7) is 9.57. The number of aromatic nitrogens is 2. The Morgan fingerprint density at radius 2 is 1.74 bits per heavy atom. The third kappa shape index (κ3) is 7.77. The Morgan fingerprint density at radius 1 is 1.02 bits per heavy atom. The number of likely N-dealkylation sites (tertiary alicyclic amines) is 1. The maximum atomic E-state index is 14.9. The molecular formula is C34H40F5N5O3. The highest BCUT2D eigenvalue weighted by atomic mass is 19.4. The molecule has 3 aromatic rings. The zero-order valence-corrected chi connectivity index (χ0v) is 26.9. The molecule has 0 bridgehead atoms. The van der Waals surface area contributed by atoms with Crippen LogP contribution in [-0.4, -0.2) is 64.7 Å². The first-order valence-electron chi connectivity index (χ1n) is 15.8. The van der Waals surface area contributed by atoms with Gasteiger partial charge in [0.15, 0.2) is 0 Å². The summed E-state index contributed by atoms with van der Waals surface area (Å²) in [5.41, 5.74) is 0.115. The molecule has 2 aliphatic heterocycles. The first kappa shape index (κ1) is 34.3. The van der Waals surface area contributed by atoms with Gasteiger partial charge in [0.1, 0.15) is 11.6 Å². The highest BCUT2D eigenvalue weighted by Gasteiger charge is 2.43. The number of amides is 1. The molecule has 0 spiro atoms. The van der Waals surface area contributed by atoms with Gasteiger partial charge < -0.3 is 14.2 Å². The minimum absolute atomic E-state index is 0.107. The topological polar surface area (TPSA) is 79.7 Å². The number of nitrogens with zero attached hydrogens (tertiary/aromatic N) is 4. The van der Waals surface area contributed by atoms with E-state index in [9.17, 15) is 31.5 Å². The molecule has 2 aliphatic rings. The van der Waals surface area contributed by atoms with E-state index < -0.39 is 41.1 Å². The minimum atomic E-state index is -4.55. The van der Waals surface area contributed by atoms with Crippen LogP contribution in [0.5, 0.6) is 0 Å². The molecule has 3 heterocycles. The Morgan fingerprint density at radius 3 is 2.38 bits per heavy atom. The van der Waals surface area contributed by atoms with Crippen molar-refractivity contribution < 1.29 is 36.3 Å². The molecule has 0 aliphatic carbocycles. The summed E-state index contributed by atoms with van der Waals surface area (Å²) in [4.78, 5) is 34.3. The summed E-state index contributed by atoms with van der Waals surface area (Å²) >= 11 is 0. The fraction of sp³-hybridized carbons (Fsp3) is 0.500. The van der Waals surface area contributed by atoms with E-state index in [1.165, 1.54) is 24.4 Å². The van der Waals surface area contributed by atoms with E-state index in [-0.39, 0.29) is 42.1 Å². The average Bonchev–Trinajstić information content (AvgIpc) is 3.64. The third-order valence-electron chi connectivity index (χ3n) is 9.13. The summed E-state index contributed by atoms with van der Waals surface area (Å²) in [5.74, 6) is -3.46. The van der Waals surface area contributed by atoms with Gasteiger partial charge in [-0.2, -0.15) is 13.2 Å². The van der Waals surface area contributed by atoms with Gasteiger partial charge in [0.2, 0.25) is 11.9 Å². The standard InChI is InChI=1S/C34H40F5N5O3/c1-5-47-31(46)21-10-13-42(14-11-21)29-16-23(34(37,38)39)7-6-22(29)18-43-15-12-40-32(43)41-30(45)27-20-44(33(2,3)4)19-26(27)25-9-8-24(35)17-28(25)36/h6-9,12,15-17,21,26-27H,5,10-11,13-14,18-20H2,1-4H3,(H,40,41,45)/t26-,27?/m0/s1. The Balaban J connectivity index is 1.38. The fourth-order valence-corrected chi connectivity index (χ4v) is 6.47. The van der Waals surface area contributed by atoms with Crippen LogP contribution in [0, 0.1) is 23.5 Å². The van der Waals surface area contributed by atoms with E-state index in [0.717, 1.165) is 18.2 Å². The first-order valence-corrected chi connectivity index (χ1v) is 15.8. The SMILES string of the molecule is CCOC(=O)C1CCN(c2cc(C(F)(F)F)ccc2Cn2ccnc2NC(=O)C2CN(C(C)(C)C)C[C@H]2c2ccc(F)cc2F)CC1. The summed E-state index contributed by atoms with van der Waals surface area (Å²) < 4.78 is 76.7. The maximum Gasteiger partial charge on any atom is 0.416 e. The van der Waals surface area contributed by atoms with E-state index in [2.05, 4.69) is 15.2 Å². The van der Waals surface area contributed by atoms with E-state index in [4.69, 9.17) is 4.74 Å². The van der Waals surface area contributed by atoms with E-state index in [1.54, 1.807) is 17.7 Å². The predicted molar refractivity (Wildman–Crippen MR) is 167 cm³/mol. The van der Waals surface area contributed by atoms with Crippen LogP contribution in [0.2, 0.25) is 0 Å². The molecular weight excluding hydrogens is 621 g/mol. The number of imidazole rings is 1. The minimum Gasteiger partial charge on any atom is -0.466 e. The number of anilines is 2. The lowest BCUT2D eigenvalue weighted by Crippen LogP contribution is -2.40. The second-order valence-electron chi connectivity index (χ2n) is 13.2. The van der Waals surface area contributed by atoms with Crippen molar-refractivity contribution in [1.82, 2.24) is 14.5 Å². The van der Waals surface area contributed by atoms with Gasteiger partial charge in [-0.3, -0.25) is 19.8 Å². The molecule has 1 aromatic heterocycles. The van der Waals surface area contributed by atoms with Crippen LogP contribution in [0.3, 0.4) is 0 Å². The monoisotopic (exact) mass is 661 g/mol. The summed E-state index contributed by atoms with van der Waals surface area (Å²) in [7, 11) is 0. The molecule has 8 nitrogen and oxygen atoms in total. The second-order valence-corrected chi connectivity index (χ2v) is 13.2. The van der Waals surface area contributed by atoms with Gasteiger partial charge in [-0.15, -0.1) is 0 Å². The normalized spacial score (nSPS) is 19.6. The van der Waals surface area contributed by atoms with Gasteiger partial charge in [-0.1, -0.05) is 12.1 Å². The van der Waals surface area contributed by atoms with Crippen molar-refractivity contribution in [2.75, 3.05) is 43.0 Å². The van der Waals surface area contributed by atoms with Gasteiger partial charge in [-0.05, 0) is 69.9 Å². The highest BCUT2D eigenvalue weighted by molar-refractivity contribution is 5.92. The van der Waals surface area contributed by atoms with Gasteiger partial charge in [0.05, 0.1) is 30.6 Å². The average molecular weight is 662 g/mol. The van der Waals surface area contributed by atoms with Crippen molar-refractivity contribution in [3.8, 4) is 0 Å². The lowest BCUT2D eigenvalue weighted by molar-refractivity contribution is -0.148. The Hall–Kier alpha value is -4.00. The van der Waals surface area contributed by atoms with Crippen molar-refractivity contribution in [1.29, 1.82) is 0 Å². The van der Waals surface area contributed by atoms with Crippen LogP contribution in [-0.2, 0) is 27.0 Å². The Kier molecular flexibility index (Phi) is 9.95. The molecule has 2 aromatic carbocycles. The molecule has 1 amide bonds. The molecule has 254 valence electrons. The van der Waals surface area contributed by atoms with E-state index >= 15 is 0 Å². The number of hydrogen-bond acceptors (Lipinski definition) is 6. The van der Waals surface area contributed by atoms with Crippen molar-refractivity contribution in [2.45, 2.75) is 64.7 Å². The van der Waals surface area contributed by atoms with Crippen LogP contribution in [0.25, 0.3) is 0 Å². The second kappa shape index (κ2) is 13.6. The van der Waals surface area contributed by atoms with Crippen molar-refractivity contribution >= 4 is 23.5 Å². The van der Waals surface area contributed by atoms with Crippen LogP contribution in [0.4, 0.5) is 33.6 Å². The number of ether oxygens (including phenoxy) is 1. The van der Waals surface area contributed by atoms with Crippen LogP contribution in [0.15, 0.2) is 48.8 Å². The summed E-state index contributed by atoms with van der Waals surface area (Å²) in [6.07, 6.45) is -0.546. The number of nitrogens with one attached hydrogen (secondary N) is 1. The quantitative estimate of drug-likeness (QED) is 0.221. The van der Waals surface area contributed by atoms with Gasteiger partial charge in [-0.25, -0.2) is 13.8 Å². The smallest absolute Gasteiger partial charge is 0.416 e. The van der Waals surface area contributed by atoms with Crippen LogP contribution in [0.1, 0.15) is 63.1 Å². The molecule has 0 saturated carbocycles. The lowest BCUT2D eigenvalue weighted by atomic mass is 9.88. The number of piperidine rings is 1. The van der Waals surface area contributed by atoms with Crippen molar-refractivity contribution in [3.63, 3.8) is 0 Å². The molecule has 5 rings (SSSR count).